The summed E-state index contributed by atoms with van der Waals surface area (Å²) in [7, 11) is 2.10. The van der Waals surface area contributed by atoms with Gasteiger partial charge in [-0.3, -0.25) is 0 Å². The van der Waals surface area contributed by atoms with Crippen molar-refractivity contribution >= 4 is 23.3 Å². The van der Waals surface area contributed by atoms with Crippen LogP contribution in [0.3, 0.4) is 0 Å². The molecule has 2 aliphatic heterocycles. The van der Waals surface area contributed by atoms with Crippen LogP contribution >= 0.6 is 11.6 Å². The number of hydrogen-bond acceptors (Lipinski definition) is 3. The summed E-state index contributed by atoms with van der Waals surface area (Å²) in [5, 5.41) is 13.6. The molecule has 0 spiro atoms. The van der Waals surface area contributed by atoms with Crippen LogP contribution in [-0.2, 0) is 4.79 Å². The number of rotatable bonds is 3. The van der Waals surface area contributed by atoms with Gasteiger partial charge in [-0.2, -0.15) is 0 Å². The summed E-state index contributed by atoms with van der Waals surface area (Å²) < 4.78 is 0. The molecule has 2 saturated heterocycles. The minimum Gasteiger partial charge on any atom is -0.480 e. The lowest BCUT2D eigenvalue weighted by atomic mass is 9.82. The summed E-state index contributed by atoms with van der Waals surface area (Å²) in [5.41, 5.74) is -0.191. The molecule has 2 aliphatic rings. The average Bonchev–Trinajstić information content (AvgIpc) is 2.64. The van der Waals surface area contributed by atoms with E-state index < -0.39 is 11.5 Å². The van der Waals surface area contributed by atoms with Crippen LogP contribution < -0.4 is 5.32 Å². The maximum Gasteiger partial charge on any atom is 0.329 e. The van der Waals surface area contributed by atoms with E-state index in [4.69, 9.17) is 11.6 Å². The van der Waals surface area contributed by atoms with Gasteiger partial charge in [-0.1, -0.05) is 23.7 Å². The van der Waals surface area contributed by atoms with Crippen LogP contribution in [0, 0.1) is 0 Å². The van der Waals surface area contributed by atoms with Crippen molar-refractivity contribution in [3.05, 3.63) is 29.3 Å². The number of fused-ring (bicyclic) bond motifs is 2. The Morgan fingerprint density at radius 2 is 1.95 bits per heavy atom. The molecule has 0 radical (unpaired) electrons. The van der Waals surface area contributed by atoms with E-state index in [0.29, 0.717) is 35.6 Å². The van der Waals surface area contributed by atoms with Crippen LogP contribution in [-0.4, -0.2) is 40.6 Å². The highest BCUT2D eigenvalue weighted by molar-refractivity contribution is 6.33. The number of nitrogens with zero attached hydrogens (tertiary/aromatic N) is 1. The standard InChI is InChI=1S/C15H19ClN2O2/c1-18-10-6-7-11(18)9-15(8-10,14(19)20)17-13-5-3-2-4-12(13)16/h2-5,10-11,17H,6-9H2,1H3,(H,19,20). The second kappa shape index (κ2) is 4.93. The minimum atomic E-state index is -0.899. The van der Waals surface area contributed by atoms with Crippen molar-refractivity contribution in [2.45, 2.75) is 43.3 Å². The minimum absolute atomic E-state index is 0.347. The Kier molecular flexibility index (Phi) is 3.38. The maximum absolute atomic E-state index is 11.9. The van der Waals surface area contributed by atoms with Crippen LogP contribution in [0.25, 0.3) is 0 Å². The highest BCUT2D eigenvalue weighted by atomic mass is 35.5. The predicted octanol–water partition coefficient (Wildman–Crippen LogP) is 2.83. The SMILES string of the molecule is CN1C2CCC1CC(Nc1ccccc1Cl)(C(=O)O)C2. The van der Waals surface area contributed by atoms with Gasteiger partial charge < -0.3 is 15.3 Å². The number of halogens is 1. The van der Waals surface area contributed by atoms with Crippen LogP contribution in [0.15, 0.2) is 24.3 Å². The normalized spacial score (nSPS) is 33.1. The molecule has 5 heteroatoms. The highest BCUT2D eigenvalue weighted by Gasteiger charge is 2.51. The summed E-state index contributed by atoms with van der Waals surface area (Å²) in [6, 6.07) is 8.03. The van der Waals surface area contributed by atoms with E-state index >= 15 is 0 Å². The summed E-state index contributed by atoms with van der Waals surface area (Å²) in [6.45, 7) is 0. The van der Waals surface area contributed by atoms with E-state index in [1.54, 1.807) is 6.07 Å². The molecule has 0 saturated carbocycles. The van der Waals surface area contributed by atoms with E-state index in [9.17, 15) is 9.90 Å². The Morgan fingerprint density at radius 3 is 2.50 bits per heavy atom. The number of carbonyl (C=O) groups is 1. The van der Waals surface area contributed by atoms with Crippen molar-refractivity contribution < 1.29 is 9.90 Å². The number of carboxylic acid groups (broad SMARTS) is 1. The molecule has 1 aromatic rings. The average molecular weight is 295 g/mol. The predicted molar refractivity (Wildman–Crippen MR) is 79.2 cm³/mol. The number of aliphatic carboxylic acids is 1. The third-order valence-corrected chi connectivity index (χ3v) is 5.14. The number of nitrogens with one attached hydrogen (secondary N) is 1. The molecule has 20 heavy (non-hydrogen) atoms. The largest absolute Gasteiger partial charge is 0.480 e. The smallest absolute Gasteiger partial charge is 0.329 e. The zero-order valence-electron chi connectivity index (χ0n) is 11.5. The van der Waals surface area contributed by atoms with Gasteiger partial charge in [-0.05, 0) is 44.9 Å². The molecule has 0 amide bonds. The molecule has 1 aromatic carbocycles. The van der Waals surface area contributed by atoms with Gasteiger partial charge >= 0.3 is 5.97 Å². The molecule has 2 N–H and O–H groups in total. The van der Waals surface area contributed by atoms with E-state index in [2.05, 4.69) is 17.3 Å². The third-order valence-electron chi connectivity index (χ3n) is 4.81. The lowest BCUT2D eigenvalue weighted by Crippen LogP contribution is -2.57. The summed E-state index contributed by atoms with van der Waals surface area (Å²) in [6.07, 6.45) is 3.42. The molecule has 2 bridgehead atoms. The molecular weight excluding hydrogens is 276 g/mol. The van der Waals surface area contributed by atoms with Crippen LogP contribution in [0.4, 0.5) is 5.69 Å². The van der Waals surface area contributed by atoms with Gasteiger partial charge in [0.1, 0.15) is 5.54 Å². The first-order chi connectivity index (χ1) is 9.52. The zero-order valence-corrected chi connectivity index (χ0v) is 12.2. The van der Waals surface area contributed by atoms with E-state index in [0.717, 1.165) is 12.8 Å². The Morgan fingerprint density at radius 1 is 1.35 bits per heavy atom. The second-order valence-electron chi connectivity index (χ2n) is 5.95. The lowest BCUT2D eigenvalue weighted by molar-refractivity contribution is -0.145. The number of para-hydroxylation sites is 1. The summed E-state index contributed by atoms with van der Waals surface area (Å²) >= 11 is 6.16. The summed E-state index contributed by atoms with van der Waals surface area (Å²) in [4.78, 5) is 14.2. The first-order valence-corrected chi connectivity index (χ1v) is 7.38. The van der Waals surface area contributed by atoms with E-state index in [1.165, 1.54) is 0 Å². The van der Waals surface area contributed by atoms with Crippen molar-refractivity contribution in [2.24, 2.45) is 0 Å². The molecule has 4 nitrogen and oxygen atoms in total. The Hall–Kier alpha value is -1.26. The van der Waals surface area contributed by atoms with Gasteiger partial charge in [0.15, 0.2) is 0 Å². The highest BCUT2D eigenvalue weighted by Crippen LogP contribution is 2.42. The van der Waals surface area contributed by atoms with Gasteiger partial charge in [-0.15, -0.1) is 0 Å². The summed E-state index contributed by atoms with van der Waals surface area (Å²) in [5.74, 6) is -0.776. The van der Waals surface area contributed by atoms with Crippen molar-refractivity contribution in [1.82, 2.24) is 4.90 Å². The van der Waals surface area contributed by atoms with Gasteiger partial charge in [0.2, 0.25) is 0 Å². The van der Waals surface area contributed by atoms with Crippen molar-refractivity contribution in [3.8, 4) is 0 Å². The lowest BCUT2D eigenvalue weighted by Gasteiger charge is -2.43. The van der Waals surface area contributed by atoms with Crippen molar-refractivity contribution in [1.29, 1.82) is 0 Å². The van der Waals surface area contributed by atoms with Crippen LogP contribution in [0.2, 0.25) is 5.02 Å². The zero-order chi connectivity index (χ0) is 14.3. The number of benzene rings is 1. The molecule has 2 atom stereocenters. The molecule has 0 aromatic heterocycles. The monoisotopic (exact) mass is 294 g/mol. The second-order valence-corrected chi connectivity index (χ2v) is 6.36. The molecule has 2 unspecified atom stereocenters. The number of piperidine rings is 1. The van der Waals surface area contributed by atoms with Crippen molar-refractivity contribution in [3.63, 3.8) is 0 Å². The van der Waals surface area contributed by atoms with Gasteiger partial charge in [0.05, 0.1) is 10.7 Å². The third kappa shape index (κ3) is 2.17. The number of carboxylic acids is 1. The quantitative estimate of drug-likeness (QED) is 0.900. The molecular formula is C15H19ClN2O2. The van der Waals surface area contributed by atoms with E-state index in [1.807, 2.05) is 18.2 Å². The fourth-order valence-electron chi connectivity index (χ4n) is 3.62. The number of anilines is 1. The number of hydrogen-bond donors (Lipinski definition) is 2. The first kappa shape index (κ1) is 13.7. The molecule has 0 aliphatic carbocycles. The Labute approximate surface area is 123 Å². The Bertz CT molecular complexity index is 520. The van der Waals surface area contributed by atoms with Crippen LogP contribution in [0.1, 0.15) is 25.7 Å². The topological polar surface area (TPSA) is 52.6 Å². The first-order valence-electron chi connectivity index (χ1n) is 7.00. The van der Waals surface area contributed by atoms with Gasteiger partial charge in [0, 0.05) is 12.1 Å². The molecule has 3 rings (SSSR count). The van der Waals surface area contributed by atoms with Crippen LogP contribution in [0.5, 0.6) is 0 Å². The molecule has 2 heterocycles. The Balaban J connectivity index is 1.91. The fraction of sp³-hybridized carbons (Fsp3) is 0.533. The molecule has 2 fully saturated rings. The fourth-order valence-corrected chi connectivity index (χ4v) is 3.80. The van der Waals surface area contributed by atoms with Gasteiger partial charge in [-0.25, -0.2) is 4.79 Å². The van der Waals surface area contributed by atoms with E-state index in [-0.39, 0.29) is 0 Å². The van der Waals surface area contributed by atoms with Gasteiger partial charge in [0.25, 0.3) is 0 Å². The van der Waals surface area contributed by atoms with Crippen molar-refractivity contribution in [2.75, 3.05) is 12.4 Å². The molecule has 108 valence electrons. The maximum atomic E-state index is 11.9.